The van der Waals surface area contributed by atoms with E-state index in [0.717, 1.165) is 22.0 Å². The van der Waals surface area contributed by atoms with Crippen LogP contribution in [-0.2, 0) is 0 Å². The minimum absolute atomic E-state index is 0.281. The highest BCUT2D eigenvalue weighted by Crippen LogP contribution is 2.29. The third kappa shape index (κ3) is 1.85. The lowest BCUT2D eigenvalue weighted by Gasteiger charge is -2.05. The summed E-state index contributed by atoms with van der Waals surface area (Å²) in [6, 6.07) is 10.4. The molecule has 3 heteroatoms. The van der Waals surface area contributed by atoms with Crippen molar-refractivity contribution >= 4 is 11.6 Å². The third-order valence-electron chi connectivity index (χ3n) is 2.61. The number of nitrogens with zero attached hydrogens (tertiary/aromatic N) is 2. The number of hydrogen-bond donors (Lipinski definition) is 0. The fourth-order valence-electron chi connectivity index (χ4n) is 1.71. The van der Waals surface area contributed by atoms with Crippen LogP contribution in [0.4, 0.5) is 0 Å². The summed E-state index contributed by atoms with van der Waals surface area (Å²) in [5.41, 5.74) is 3.13. The molecule has 1 aromatic heterocycles. The molecule has 0 fully saturated rings. The molecule has 16 heavy (non-hydrogen) atoms. The highest BCUT2D eigenvalue weighted by molar-refractivity contribution is 6.30. The summed E-state index contributed by atoms with van der Waals surface area (Å²) < 4.78 is 1.86. The van der Waals surface area contributed by atoms with Crippen molar-refractivity contribution in [2.24, 2.45) is 0 Å². The second kappa shape index (κ2) is 4.30. The molecule has 0 bridgehead atoms. The fourth-order valence-corrected chi connectivity index (χ4v) is 2.03. The van der Waals surface area contributed by atoms with Crippen molar-refractivity contribution in [3.63, 3.8) is 0 Å². The highest BCUT2D eigenvalue weighted by Gasteiger charge is 2.15. The van der Waals surface area contributed by atoms with Gasteiger partial charge in [-0.1, -0.05) is 41.9 Å². The second-order valence-corrected chi connectivity index (χ2v) is 4.53. The number of halogens is 1. The monoisotopic (exact) mass is 234 g/mol. The zero-order valence-corrected chi connectivity index (χ0v) is 10.5. The summed E-state index contributed by atoms with van der Waals surface area (Å²) in [5.74, 6) is 0. The van der Waals surface area contributed by atoms with Gasteiger partial charge in [0, 0.05) is 17.2 Å². The summed E-state index contributed by atoms with van der Waals surface area (Å²) in [5, 5.41) is 5.29. The van der Waals surface area contributed by atoms with E-state index in [1.807, 2.05) is 29.8 Å². The van der Waals surface area contributed by atoms with Crippen molar-refractivity contribution in [1.82, 2.24) is 9.78 Å². The van der Waals surface area contributed by atoms with E-state index in [1.54, 1.807) is 0 Å². The molecule has 1 heterocycles. The number of hydrogen-bond acceptors (Lipinski definition) is 1. The molecule has 84 valence electrons. The molecule has 0 radical (unpaired) electrons. The summed E-state index contributed by atoms with van der Waals surface area (Å²) >= 11 is 6.26. The average Bonchev–Trinajstić information content (AvgIpc) is 2.58. The van der Waals surface area contributed by atoms with Crippen LogP contribution in [0.2, 0.25) is 5.15 Å². The van der Waals surface area contributed by atoms with Gasteiger partial charge >= 0.3 is 0 Å². The van der Waals surface area contributed by atoms with Crippen LogP contribution in [0.1, 0.15) is 25.5 Å². The van der Waals surface area contributed by atoms with Gasteiger partial charge in [-0.2, -0.15) is 5.10 Å². The van der Waals surface area contributed by atoms with E-state index < -0.39 is 0 Å². The number of benzene rings is 1. The van der Waals surface area contributed by atoms with Crippen LogP contribution >= 0.6 is 11.6 Å². The van der Waals surface area contributed by atoms with Gasteiger partial charge in [0.25, 0.3) is 0 Å². The lowest BCUT2D eigenvalue weighted by atomic mass is 10.1. The Balaban J connectivity index is 2.55. The molecule has 2 nitrogen and oxygen atoms in total. The van der Waals surface area contributed by atoms with E-state index in [2.05, 4.69) is 31.1 Å². The van der Waals surface area contributed by atoms with Crippen molar-refractivity contribution in [3.8, 4) is 11.3 Å². The molecule has 0 atom stereocenters. The fraction of sp³-hybridized carbons (Fsp3) is 0.308. The molecular formula is C13H15ClN2. The van der Waals surface area contributed by atoms with Crippen LogP contribution in [0.25, 0.3) is 11.3 Å². The molecule has 0 N–H and O–H groups in total. The zero-order chi connectivity index (χ0) is 11.7. The Hall–Kier alpha value is -1.28. The van der Waals surface area contributed by atoms with Gasteiger partial charge in [-0.25, -0.2) is 0 Å². The SMILES string of the molecule is Cc1c(-c2ccccc2)nn(C(C)C)c1Cl. The topological polar surface area (TPSA) is 17.8 Å². The molecular weight excluding hydrogens is 220 g/mol. The maximum absolute atomic E-state index is 6.26. The van der Waals surface area contributed by atoms with Crippen LogP contribution in [0, 0.1) is 6.92 Å². The van der Waals surface area contributed by atoms with Crippen LogP contribution in [0.5, 0.6) is 0 Å². The Bertz CT molecular complexity index is 486. The van der Waals surface area contributed by atoms with Crippen LogP contribution in [-0.4, -0.2) is 9.78 Å². The van der Waals surface area contributed by atoms with Gasteiger partial charge < -0.3 is 0 Å². The zero-order valence-electron chi connectivity index (χ0n) is 9.74. The lowest BCUT2D eigenvalue weighted by molar-refractivity contribution is 0.534. The molecule has 0 aliphatic heterocycles. The first-order valence-corrected chi connectivity index (χ1v) is 5.79. The van der Waals surface area contributed by atoms with Crippen molar-refractivity contribution in [2.45, 2.75) is 26.8 Å². The quantitative estimate of drug-likeness (QED) is 0.765. The summed E-state index contributed by atoms with van der Waals surface area (Å²) in [4.78, 5) is 0. The standard InChI is InChI=1S/C13H15ClN2/c1-9(2)16-13(14)10(3)12(15-16)11-7-5-4-6-8-11/h4-9H,1-3H3. The second-order valence-electron chi connectivity index (χ2n) is 4.17. The minimum Gasteiger partial charge on any atom is -0.251 e. The van der Waals surface area contributed by atoms with E-state index in [0.29, 0.717) is 0 Å². The number of aromatic nitrogens is 2. The van der Waals surface area contributed by atoms with Crippen molar-refractivity contribution < 1.29 is 0 Å². The van der Waals surface area contributed by atoms with E-state index in [9.17, 15) is 0 Å². The predicted molar refractivity (Wildman–Crippen MR) is 67.8 cm³/mol. The summed E-state index contributed by atoms with van der Waals surface area (Å²) in [6.45, 7) is 6.16. The molecule has 0 spiro atoms. The Morgan fingerprint density at radius 2 is 1.81 bits per heavy atom. The molecule has 2 aromatic rings. The van der Waals surface area contributed by atoms with E-state index in [1.165, 1.54) is 0 Å². The molecule has 0 unspecified atom stereocenters. The van der Waals surface area contributed by atoms with Gasteiger partial charge in [-0.15, -0.1) is 0 Å². The smallest absolute Gasteiger partial charge is 0.130 e. The maximum atomic E-state index is 6.26. The highest BCUT2D eigenvalue weighted by atomic mass is 35.5. The van der Waals surface area contributed by atoms with Gasteiger partial charge in [0.2, 0.25) is 0 Å². The van der Waals surface area contributed by atoms with Gasteiger partial charge in [0.15, 0.2) is 0 Å². The molecule has 0 aliphatic carbocycles. The molecule has 2 rings (SSSR count). The van der Waals surface area contributed by atoms with E-state index in [-0.39, 0.29) is 6.04 Å². The van der Waals surface area contributed by atoms with Crippen LogP contribution in [0.15, 0.2) is 30.3 Å². The van der Waals surface area contributed by atoms with Gasteiger partial charge in [-0.05, 0) is 20.8 Å². The van der Waals surface area contributed by atoms with E-state index >= 15 is 0 Å². The molecule has 0 aliphatic rings. The Kier molecular flexibility index (Phi) is 3.01. The van der Waals surface area contributed by atoms with Crippen LogP contribution in [0.3, 0.4) is 0 Å². The summed E-state index contributed by atoms with van der Waals surface area (Å²) in [6.07, 6.45) is 0. The van der Waals surface area contributed by atoms with Crippen LogP contribution < -0.4 is 0 Å². The molecule has 0 saturated carbocycles. The lowest BCUT2D eigenvalue weighted by Crippen LogP contribution is -2.02. The van der Waals surface area contributed by atoms with Crippen molar-refractivity contribution in [2.75, 3.05) is 0 Å². The first-order valence-electron chi connectivity index (χ1n) is 5.41. The first-order chi connectivity index (χ1) is 7.61. The van der Waals surface area contributed by atoms with Gasteiger partial charge in [0.05, 0.1) is 5.69 Å². The largest absolute Gasteiger partial charge is 0.251 e. The Labute approximate surface area is 101 Å². The molecule has 0 amide bonds. The van der Waals surface area contributed by atoms with E-state index in [4.69, 9.17) is 11.6 Å². The van der Waals surface area contributed by atoms with Gasteiger partial charge in [0.1, 0.15) is 5.15 Å². The van der Waals surface area contributed by atoms with Crippen molar-refractivity contribution in [3.05, 3.63) is 41.0 Å². The van der Waals surface area contributed by atoms with Gasteiger partial charge in [-0.3, -0.25) is 4.68 Å². The van der Waals surface area contributed by atoms with Crippen molar-refractivity contribution in [1.29, 1.82) is 0 Å². The normalized spacial score (nSPS) is 11.1. The Morgan fingerprint density at radius 1 is 1.19 bits per heavy atom. The molecule has 1 aromatic carbocycles. The number of rotatable bonds is 2. The third-order valence-corrected chi connectivity index (χ3v) is 3.07. The average molecular weight is 235 g/mol. The first kappa shape index (κ1) is 11.2. The maximum Gasteiger partial charge on any atom is 0.130 e. The minimum atomic E-state index is 0.281. The molecule has 0 saturated heterocycles. The predicted octanol–water partition coefficient (Wildman–Crippen LogP) is 4.09. The summed E-state index contributed by atoms with van der Waals surface area (Å²) in [7, 11) is 0. The Morgan fingerprint density at radius 3 is 2.31 bits per heavy atom.